The Morgan fingerprint density at radius 2 is 2.06 bits per heavy atom. The predicted molar refractivity (Wildman–Crippen MR) is 68.8 cm³/mol. The van der Waals surface area contributed by atoms with Crippen molar-refractivity contribution < 1.29 is 4.74 Å². The maximum absolute atomic E-state index is 5.38. The van der Waals surface area contributed by atoms with Gasteiger partial charge in [0.1, 0.15) is 0 Å². The first-order chi connectivity index (χ1) is 7.74. The molecule has 96 valence electrons. The standard InChI is InChI=1S/C13H28N2O/c1-4-16-11-12(2)14-9-10-15(3)13-7-5-6-8-13/h12-14H,4-11H2,1-3H3. The van der Waals surface area contributed by atoms with Crippen LogP contribution in [0.1, 0.15) is 39.5 Å². The van der Waals surface area contributed by atoms with E-state index in [1.165, 1.54) is 25.7 Å². The summed E-state index contributed by atoms with van der Waals surface area (Å²) in [6, 6.07) is 1.31. The number of hydrogen-bond acceptors (Lipinski definition) is 3. The van der Waals surface area contributed by atoms with Gasteiger partial charge in [-0.2, -0.15) is 0 Å². The Labute approximate surface area is 101 Å². The van der Waals surface area contributed by atoms with E-state index in [4.69, 9.17) is 4.74 Å². The van der Waals surface area contributed by atoms with Gasteiger partial charge in [0, 0.05) is 31.8 Å². The summed E-state index contributed by atoms with van der Waals surface area (Å²) >= 11 is 0. The lowest BCUT2D eigenvalue weighted by molar-refractivity contribution is 0.125. The second kappa shape index (κ2) is 8.04. The average molecular weight is 228 g/mol. The minimum Gasteiger partial charge on any atom is -0.380 e. The fourth-order valence-corrected chi connectivity index (χ4v) is 2.37. The zero-order valence-electron chi connectivity index (χ0n) is 11.2. The van der Waals surface area contributed by atoms with E-state index in [2.05, 4.69) is 24.2 Å². The summed E-state index contributed by atoms with van der Waals surface area (Å²) in [5, 5.41) is 3.51. The summed E-state index contributed by atoms with van der Waals surface area (Å²) in [5.74, 6) is 0. The zero-order valence-corrected chi connectivity index (χ0v) is 11.2. The molecule has 1 unspecified atom stereocenters. The van der Waals surface area contributed by atoms with Crippen molar-refractivity contribution in [3.63, 3.8) is 0 Å². The summed E-state index contributed by atoms with van der Waals surface area (Å²) in [6.07, 6.45) is 5.63. The van der Waals surface area contributed by atoms with Gasteiger partial charge in [-0.15, -0.1) is 0 Å². The van der Waals surface area contributed by atoms with Crippen LogP contribution in [0.4, 0.5) is 0 Å². The third-order valence-electron chi connectivity index (χ3n) is 3.48. The van der Waals surface area contributed by atoms with Gasteiger partial charge in [0.05, 0.1) is 6.61 Å². The molecule has 0 spiro atoms. The third kappa shape index (κ3) is 5.28. The number of likely N-dealkylation sites (N-methyl/N-ethyl adjacent to an activating group) is 1. The highest BCUT2D eigenvalue weighted by Crippen LogP contribution is 2.21. The normalized spacial score (nSPS) is 19.5. The van der Waals surface area contributed by atoms with Crippen molar-refractivity contribution >= 4 is 0 Å². The van der Waals surface area contributed by atoms with Crippen LogP contribution >= 0.6 is 0 Å². The van der Waals surface area contributed by atoms with Crippen molar-refractivity contribution in [2.45, 2.75) is 51.6 Å². The molecule has 1 saturated carbocycles. The van der Waals surface area contributed by atoms with E-state index in [9.17, 15) is 0 Å². The van der Waals surface area contributed by atoms with Crippen molar-refractivity contribution in [1.29, 1.82) is 0 Å². The van der Waals surface area contributed by atoms with Crippen LogP contribution in [-0.2, 0) is 4.74 Å². The molecule has 0 aliphatic heterocycles. The number of hydrogen-bond donors (Lipinski definition) is 1. The average Bonchev–Trinajstić information content (AvgIpc) is 2.79. The molecule has 0 heterocycles. The molecule has 1 aliphatic carbocycles. The quantitative estimate of drug-likeness (QED) is 0.686. The van der Waals surface area contributed by atoms with E-state index < -0.39 is 0 Å². The Bertz CT molecular complexity index is 169. The molecule has 1 rings (SSSR count). The second-order valence-electron chi connectivity index (χ2n) is 4.93. The highest BCUT2D eigenvalue weighted by molar-refractivity contribution is 4.75. The van der Waals surface area contributed by atoms with Gasteiger partial charge in [0.2, 0.25) is 0 Å². The van der Waals surface area contributed by atoms with E-state index >= 15 is 0 Å². The zero-order chi connectivity index (χ0) is 11.8. The first-order valence-electron chi connectivity index (χ1n) is 6.75. The van der Waals surface area contributed by atoms with Crippen LogP contribution in [0.15, 0.2) is 0 Å². The Balaban J connectivity index is 2.00. The minimum absolute atomic E-state index is 0.469. The number of ether oxygens (including phenoxy) is 1. The molecule has 3 nitrogen and oxygen atoms in total. The Hall–Kier alpha value is -0.120. The molecule has 1 atom stereocenters. The molecule has 0 aromatic carbocycles. The third-order valence-corrected chi connectivity index (χ3v) is 3.48. The smallest absolute Gasteiger partial charge is 0.0616 e. The molecule has 1 fully saturated rings. The highest BCUT2D eigenvalue weighted by Gasteiger charge is 2.18. The van der Waals surface area contributed by atoms with Gasteiger partial charge in [-0.05, 0) is 33.7 Å². The van der Waals surface area contributed by atoms with Gasteiger partial charge in [-0.3, -0.25) is 0 Å². The highest BCUT2D eigenvalue weighted by atomic mass is 16.5. The maximum atomic E-state index is 5.38. The van der Waals surface area contributed by atoms with Gasteiger partial charge < -0.3 is 15.0 Å². The molecular formula is C13H28N2O. The summed E-state index contributed by atoms with van der Waals surface area (Å²) in [4.78, 5) is 2.51. The molecule has 1 aliphatic rings. The van der Waals surface area contributed by atoms with Crippen LogP contribution in [-0.4, -0.2) is 50.3 Å². The molecule has 0 radical (unpaired) electrons. The van der Waals surface area contributed by atoms with E-state index in [0.717, 1.165) is 32.3 Å². The first-order valence-corrected chi connectivity index (χ1v) is 6.75. The summed E-state index contributed by atoms with van der Waals surface area (Å²) in [7, 11) is 2.25. The van der Waals surface area contributed by atoms with Gasteiger partial charge in [-0.1, -0.05) is 12.8 Å². The minimum atomic E-state index is 0.469. The van der Waals surface area contributed by atoms with E-state index in [-0.39, 0.29) is 0 Å². The summed E-state index contributed by atoms with van der Waals surface area (Å²) in [6.45, 7) is 8.09. The summed E-state index contributed by atoms with van der Waals surface area (Å²) < 4.78 is 5.38. The van der Waals surface area contributed by atoms with E-state index in [1.54, 1.807) is 0 Å². The van der Waals surface area contributed by atoms with Gasteiger partial charge in [0.15, 0.2) is 0 Å². The maximum Gasteiger partial charge on any atom is 0.0616 e. The van der Waals surface area contributed by atoms with E-state index in [1.807, 2.05) is 6.92 Å². The lowest BCUT2D eigenvalue weighted by Gasteiger charge is -2.25. The fourth-order valence-electron chi connectivity index (χ4n) is 2.37. The predicted octanol–water partition coefficient (Wildman–Crippen LogP) is 1.88. The molecule has 0 amide bonds. The molecule has 0 aromatic heterocycles. The first kappa shape index (κ1) is 13.9. The number of nitrogens with one attached hydrogen (secondary N) is 1. The van der Waals surface area contributed by atoms with Crippen LogP contribution in [0.2, 0.25) is 0 Å². The molecular weight excluding hydrogens is 200 g/mol. The van der Waals surface area contributed by atoms with Gasteiger partial charge in [0.25, 0.3) is 0 Å². The Morgan fingerprint density at radius 3 is 2.69 bits per heavy atom. The lowest BCUT2D eigenvalue weighted by atomic mass is 10.2. The second-order valence-corrected chi connectivity index (χ2v) is 4.93. The van der Waals surface area contributed by atoms with Crippen LogP contribution < -0.4 is 5.32 Å². The molecule has 0 saturated heterocycles. The Kier molecular flexibility index (Phi) is 7.01. The monoisotopic (exact) mass is 228 g/mol. The van der Waals surface area contributed by atoms with E-state index in [0.29, 0.717) is 6.04 Å². The molecule has 1 N–H and O–H groups in total. The van der Waals surface area contributed by atoms with Crippen molar-refractivity contribution in [1.82, 2.24) is 10.2 Å². The summed E-state index contributed by atoms with van der Waals surface area (Å²) in [5.41, 5.74) is 0. The number of rotatable bonds is 8. The molecule has 0 aromatic rings. The fraction of sp³-hybridized carbons (Fsp3) is 1.00. The Morgan fingerprint density at radius 1 is 1.38 bits per heavy atom. The van der Waals surface area contributed by atoms with Crippen molar-refractivity contribution in [3.05, 3.63) is 0 Å². The molecule has 16 heavy (non-hydrogen) atoms. The topological polar surface area (TPSA) is 24.5 Å². The lowest BCUT2D eigenvalue weighted by Crippen LogP contribution is -2.39. The van der Waals surface area contributed by atoms with Crippen LogP contribution in [0.3, 0.4) is 0 Å². The van der Waals surface area contributed by atoms with Crippen LogP contribution in [0.25, 0.3) is 0 Å². The van der Waals surface area contributed by atoms with Gasteiger partial charge in [-0.25, -0.2) is 0 Å². The van der Waals surface area contributed by atoms with Crippen molar-refractivity contribution in [3.8, 4) is 0 Å². The van der Waals surface area contributed by atoms with Crippen molar-refractivity contribution in [2.24, 2.45) is 0 Å². The van der Waals surface area contributed by atoms with Crippen LogP contribution in [0, 0.1) is 0 Å². The largest absolute Gasteiger partial charge is 0.380 e. The molecule has 0 bridgehead atoms. The number of nitrogens with zero attached hydrogens (tertiary/aromatic N) is 1. The SMILES string of the molecule is CCOCC(C)NCCN(C)C1CCCC1. The molecule has 3 heteroatoms. The van der Waals surface area contributed by atoms with Crippen LogP contribution in [0.5, 0.6) is 0 Å². The van der Waals surface area contributed by atoms with Crippen molar-refractivity contribution in [2.75, 3.05) is 33.4 Å². The van der Waals surface area contributed by atoms with Gasteiger partial charge >= 0.3 is 0 Å².